The zero-order valence-electron chi connectivity index (χ0n) is 15.0. The summed E-state index contributed by atoms with van der Waals surface area (Å²) < 4.78 is 21.7. The number of ether oxygens (including phenoxy) is 1. The molecule has 4 heteroatoms. The van der Waals surface area contributed by atoms with Crippen LogP contribution in [0.25, 0.3) is 0 Å². The summed E-state index contributed by atoms with van der Waals surface area (Å²) in [5.74, 6) is -0.154. The van der Waals surface area contributed by atoms with Crippen molar-refractivity contribution < 1.29 is 13.9 Å². The minimum atomic E-state index is -2.15. The van der Waals surface area contributed by atoms with Crippen molar-refractivity contribution in [1.82, 2.24) is 4.90 Å². The predicted molar refractivity (Wildman–Crippen MR) is 102 cm³/mol. The Balaban J connectivity index is 1.78. The van der Waals surface area contributed by atoms with Crippen LogP contribution in [0.4, 0.5) is 4.39 Å². The lowest BCUT2D eigenvalue weighted by atomic mass is 9.74. The number of carbonyl (C=O) groups is 1. The third-order valence-electron chi connectivity index (χ3n) is 5.07. The molecule has 1 amide bonds. The smallest absolute Gasteiger partial charge is 0.268 e. The molecule has 0 aromatic heterocycles. The van der Waals surface area contributed by atoms with E-state index in [1.165, 1.54) is 7.11 Å². The van der Waals surface area contributed by atoms with Gasteiger partial charge in [-0.25, -0.2) is 4.39 Å². The summed E-state index contributed by atoms with van der Waals surface area (Å²) in [7, 11) is 1.49. The van der Waals surface area contributed by atoms with E-state index < -0.39 is 17.6 Å². The third kappa shape index (κ3) is 2.78. The van der Waals surface area contributed by atoms with Crippen LogP contribution in [0.15, 0.2) is 84.9 Å². The van der Waals surface area contributed by atoms with Gasteiger partial charge < -0.3 is 9.64 Å². The average molecular weight is 361 g/mol. The molecule has 0 radical (unpaired) electrons. The fraction of sp³-hybridized carbons (Fsp3) is 0.174. The van der Waals surface area contributed by atoms with E-state index in [2.05, 4.69) is 0 Å². The van der Waals surface area contributed by atoms with Crippen LogP contribution in [-0.4, -0.2) is 17.9 Å². The van der Waals surface area contributed by atoms with Crippen molar-refractivity contribution in [3.05, 3.63) is 102 Å². The molecule has 3 nitrogen and oxygen atoms in total. The lowest BCUT2D eigenvalue weighted by Crippen LogP contribution is -2.63. The summed E-state index contributed by atoms with van der Waals surface area (Å²) in [6, 6.07) is 25.1. The Morgan fingerprint density at radius 2 is 1.52 bits per heavy atom. The van der Waals surface area contributed by atoms with Crippen LogP contribution in [0.5, 0.6) is 5.75 Å². The van der Waals surface area contributed by atoms with Crippen LogP contribution >= 0.6 is 0 Å². The highest BCUT2D eigenvalue weighted by atomic mass is 19.1. The van der Waals surface area contributed by atoms with Crippen molar-refractivity contribution in [2.45, 2.75) is 18.3 Å². The summed E-state index contributed by atoms with van der Waals surface area (Å²) >= 11 is 0. The average Bonchev–Trinajstić information content (AvgIpc) is 2.74. The topological polar surface area (TPSA) is 29.5 Å². The van der Waals surface area contributed by atoms with E-state index in [4.69, 9.17) is 4.74 Å². The monoisotopic (exact) mass is 361 g/mol. The van der Waals surface area contributed by atoms with E-state index in [0.29, 0.717) is 12.3 Å². The first kappa shape index (κ1) is 17.3. The molecular weight excluding hydrogens is 341 g/mol. The fourth-order valence-electron chi connectivity index (χ4n) is 3.79. The quantitative estimate of drug-likeness (QED) is 0.620. The highest BCUT2D eigenvalue weighted by molar-refractivity contribution is 5.95. The summed E-state index contributed by atoms with van der Waals surface area (Å²) in [5, 5.41) is 0. The summed E-state index contributed by atoms with van der Waals surface area (Å²) in [6.07, 6.45) is 0. The van der Waals surface area contributed by atoms with Crippen molar-refractivity contribution in [3.8, 4) is 5.75 Å². The van der Waals surface area contributed by atoms with Gasteiger partial charge in [0.15, 0.2) is 0 Å². The number of methoxy groups -OCH3 is 1. The number of alkyl halides is 1. The Hall–Kier alpha value is -3.14. The van der Waals surface area contributed by atoms with E-state index in [1.54, 1.807) is 29.2 Å². The van der Waals surface area contributed by atoms with Crippen molar-refractivity contribution >= 4 is 5.91 Å². The van der Waals surface area contributed by atoms with Gasteiger partial charge in [0.2, 0.25) is 5.67 Å². The number of hydrogen-bond donors (Lipinski definition) is 0. The first-order valence-electron chi connectivity index (χ1n) is 8.88. The highest BCUT2D eigenvalue weighted by Crippen LogP contribution is 2.55. The second-order valence-electron chi connectivity index (χ2n) is 6.64. The molecule has 1 saturated heterocycles. The molecule has 0 unspecified atom stereocenters. The second-order valence-corrected chi connectivity index (χ2v) is 6.64. The Kier molecular flexibility index (Phi) is 4.40. The first-order chi connectivity index (χ1) is 13.2. The number of halogens is 1. The molecular formula is C23H20FNO2. The molecule has 3 aromatic carbocycles. The lowest BCUT2D eigenvalue weighted by Gasteiger charge is -2.52. The Morgan fingerprint density at radius 1 is 0.926 bits per heavy atom. The molecule has 1 heterocycles. The van der Waals surface area contributed by atoms with Gasteiger partial charge in [-0.05, 0) is 17.2 Å². The molecule has 1 fully saturated rings. The van der Waals surface area contributed by atoms with Crippen LogP contribution in [-0.2, 0) is 17.0 Å². The lowest BCUT2D eigenvalue weighted by molar-refractivity contribution is -0.181. The fourth-order valence-corrected chi connectivity index (χ4v) is 3.79. The van der Waals surface area contributed by atoms with Crippen molar-refractivity contribution in [1.29, 1.82) is 0 Å². The Morgan fingerprint density at radius 3 is 2.19 bits per heavy atom. The Labute approximate surface area is 158 Å². The number of nitrogens with zero attached hydrogens (tertiary/aromatic N) is 1. The SMILES string of the molecule is COc1ccccc1[C@]1(F)C(=O)N(Cc2ccccc2)[C@H]1c1ccccc1. The van der Waals surface area contributed by atoms with Gasteiger partial charge in [0, 0.05) is 12.1 Å². The Bertz CT molecular complexity index is 945. The van der Waals surface area contributed by atoms with Gasteiger partial charge in [-0.2, -0.15) is 0 Å². The minimum absolute atomic E-state index is 0.274. The van der Waals surface area contributed by atoms with Gasteiger partial charge in [-0.3, -0.25) is 4.79 Å². The van der Waals surface area contributed by atoms with Gasteiger partial charge in [0.1, 0.15) is 11.8 Å². The van der Waals surface area contributed by atoms with Crippen LogP contribution in [0, 0.1) is 0 Å². The first-order valence-corrected chi connectivity index (χ1v) is 8.88. The van der Waals surface area contributed by atoms with Crippen LogP contribution in [0.1, 0.15) is 22.7 Å². The van der Waals surface area contributed by atoms with E-state index in [9.17, 15) is 4.79 Å². The number of hydrogen-bond acceptors (Lipinski definition) is 2. The van der Waals surface area contributed by atoms with Gasteiger partial charge in [-0.15, -0.1) is 0 Å². The van der Waals surface area contributed by atoms with Gasteiger partial charge in [0.25, 0.3) is 5.91 Å². The van der Waals surface area contributed by atoms with E-state index >= 15 is 4.39 Å². The molecule has 0 saturated carbocycles. The number of benzene rings is 3. The van der Waals surface area contributed by atoms with Gasteiger partial charge in [-0.1, -0.05) is 78.9 Å². The molecule has 1 aliphatic rings. The number of para-hydroxylation sites is 1. The standard InChI is InChI=1S/C23H20FNO2/c1-27-20-15-9-8-14-19(20)23(24)21(18-12-6-3-7-13-18)25(22(23)26)16-17-10-4-2-5-11-17/h2-15,21H,16H2,1H3/t21-,23+/m0/s1. The van der Waals surface area contributed by atoms with Gasteiger partial charge >= 0.3 is 0 Å². The molecule has 4 rings (SSSR count). The van der Waals surface area contributed by atoms with Crippen LogP contribution in [0.2, 0.25) is 0 Å². The van der Waals surface area contributed by atoms with Crippen LogP contribution in [0.3, 0.4) is 0 Å². The van der Waals surface area contributed by atoms with Crippen LogP contribution < -0.4 is 4.74 Å². The third-order valence-corrected chi connectivity index (χ3v) is 5.07. The molecule has 0 bridgehead atoms. The molecule has 3 aromatic rings. The van der Waals surface area contributed by atoms with Gasteiger partial charge in [0.05, 0.1) is 7.11 Å². The minimum Gasteiger partial charge on any atom is -0.496 e. The predicted octanol–water partition coefficient (Wildman–Crippen LogP) is 4.64. The zero-order valence-corrected chi connectivity index (χ0v) is 15.0. The summed E-state index contributed by atoms with van der Waals surface area (Å²) in [6.45, 7) is 0.361. The van der Waals surface area contributed by atoms with Crippen molar-refractivity contribution in [3.63, 3.8) is 0 Å². The van der Waals surface area contributed by atoms with E-state index in [0.717, 1.165) is 11.1 Å². The van der Waals surface area contributed by atoms with Crippen molar-refractivity contribution in [2.75, 3.05) is 7.11 Å². The molecule has 27 heavy (non-hydrogen) atoms. The number of carbonyl (C=O) groups excluding carboxylic acids is 1. The maximum absolute atomic E-state index is 16.3. The number of amides is 1. The molecule has 0 N–H and O–H groups in total. The van der Waals surface area contributed by atoms with Crippen molar-refractivity contribution in [2.24, 2.45) is 0 Å². The highest BCUT2D eigenvalue weighted by Gasteiger charge is 2.64. The zero-order chi connectivity index (χ0) is 18.9. The molecule has 0 spiro atoms. The van der Waals surface area contributed by atoms with E-state index in [1.807, 2.05) is 60.7 Å². The second kappa shape index (κ2) is 6.88. The summed E-state index contributed by atoms with van der Waals surface area (Å²) in [4.78, 5) is 14.6. The summed E-state index contributed by atoms with van der Waals surface area (Å²) in [5.41, 5.74) is -0.145. The molecule has 2 atom stereocenters. The maximum atomic E-state index is 16.3. The molecule has 1 aliphatic heterocycles. The normalized spacial score (nSPS) is 21.6. The number of β-lactam (4-membered cyclic amide) rings is 1. The largest absolute Gasteiger partial charge is 0.496 e. The molecule has 136 valence electrons. The molecule has 0 aliphatic carbocycles. The number of likely N-dealkylation sites (tertiary alicyclic amines) is 1. The van der Waals surface area contributed by atoms with E-state index in [-0.39, 0.29) is 5.56 Å². The number of rotatable bonds is 5. The maximum Gasteiger partial charge on any atom is 0.268 e.